The lowest BCUT2D eigenvalue weighted by atomic mass is 9.99. The lowest BCUT2D eigenvalue weighted by Gasteiger charge is -2.31. The number of amides is 1. The largest absolute Gasteiger partial charge is 0.459 e. The summed E-state index contributed by atoms with van der Waals surface area (Å²) in [5.41, 5.74) is 0. The van der Waals surface area contributed by atoms with Gasteiger partial charge in [-0.3, -0.25) is 4.79 Å². The number of likely N-dealkylation sites (N-methyl/N-ethyl adjacent to an activating group) is 1. The minimum Gasteiger partial charge on any atom is -0.459 e. The zero-order chi connectivity index (χ0) is 19.6. The molecule has 0 saturated heterocycles. The minimum atomic E-state index is -0.498. The van der Waals surface area contributed by atoms with Gasteiger partial charge in [0.15, 0.2) is 12.0 Å². The lowest BCUT2D eigenvalue weighted by molar-refractivity contribution is -0.158. The summed E-state index contributed by atoms with van der Waals surface area (Å²) in [6, 6.07) is 4.05. The van der Waals surface area contributed by atoms with Gasteiger partial charge in [-0.15, -0.1) is 11.3 Å². The fourth-order valence-electron chi connectivity index (χ4n) is 2.78. The van der Waals surface area contributed by atoms with E-state index < -0.39 is 12.6 Å². The molecule has 1 aromatic heterocycles. The Balaban J connectivity index is 2.07. The number of rotatable bonds is 11. The molecule has 0 unspecified atom stereocenters. The van der Waals surface area contributed by atoms with Crippen LogP contribution in [0.5, 0.6) is 0 Å². The molecule has 1 aliphatic heterocycles. The first-order valence-electron chi connectivity index (χ1n) is 9.04. The van der Waals surface area contributed by atoms with E-state index in [2.05, 4.69) is 6.07 Å². The van der Waals surface area contributed by atoms with Crippen LogP contribution in [0.4, 0.5) is 0 Å². The Kier molecular flexibility index (Phi) is 9.23. The number of carbonyl (C=O) groups excluding carboxylic acids is 1. The average molecular weight is 400 g/mol. The van der Waals surface area contributed by atoms with Gasteiger partial charge in [0.2, 0.25) is 6.29 Å². The van der Waals surface area contributed by atoms with E-state index in [1.165, 1.54) is 24.0 Å². The number of hydrogen-bond acceptors (Lipinski definition) is 7. The van der Waals surface area contributed by atoms with E-state index in [1.54, 1.807) is 18.4 Å². The standard InChI is InChI=1S/C19H29NO6S/c1-20(13-18(23-2)24-3)19(22)15-11-14(16-7-6-10-27-16)12-17(26-15)25-9-5-4-8-21/h6-7,10-11,14,17-18,21H,4-5,8-9,12-13H2,1-3H3/t14-,17+/m1/s1. The second kappa shape index (κ2) is 11.4. The van der Waals surface area contributed by atoms with Crippen LogP contribution >= 0.6 is 11.3 Å². The highest BCUT2D eigenvalue weighted by Crippen LogP contribution is 2.34. The zero-order valence-electron chi connectivity index (χ0n) is 16.1. The van der Waals surface area contributed by atoms with Crippen LogP contribution < -0.4 is 0 Å². The molecule has 0 fully saturated rings. The minimum absolute atomic E-state index is 0.0644. The topological polar surface area (TPSA) is 77.5 Å². The van der Waals surface area contributed by atoms with Crippen LogP contribution in [-0.4, -0.2) is 69.5 Å². The predicted octanol–water partition coefficient (Wildman–Crippen LogP) is 2.33. The van der Waals surface area contributed by atoms with Crippen LogP contribution in [-0.2, 0) is 23.7 Å². The first-order chi connectivity index (χ1) is 13.1. The van der Waals surface area contributed by atoms with Crippen molar-refractivity contribution in [1.29, 1.82) is 0 Å². The summed E-state index contributed by atoms with van der Waals surface area (Å²) in [5.74, 6) is 0.106. The molecular weight excluding hydrogens is 370 g/mol. The summed E-state index contributed by atoms with van der Waals surface area (Å²) in [6.07, 6.45) is 2.96. The van der Waals surface area contributed by atoms with Crippen molar-refractivity contribution in [1.82, 2.24) is 4.90 Å². The maximum Gasteiger partial charge on any atom is 0.288 e. The van der Waals surface area contributed by atoms with Crippen molar-refractivity contribution in [3.8, 4) is 0 Å². The van der Waals surface area contributed by atoms with Crippen molar-refractivity contribution in [2.45, 2.75) is 37.8 Å². The van der Waals surface area contributed by atoms with E-state index in [0.29, 0.717) is 19.4 Å². The van der Waals surface area contributed by atoms with E-state index in [-0.39, 0.29) is 30.7 Å². The van der Waals surface area contributed by atoms with Crippen LogP contribution in [0.3, 0.4) is 0 Å². The van der Waals surface area contributed by atoms with Gasteiger partial charge in [-0.1, -0.05) is 6.07 Å². The summed E-state index contributed by atoms with van der Waals surface area (Å²) in [5, 5.41) is 10.9. The molecule has 2 atom stereocenters. The zero-order valence-corrected chi connectivity index (χ0v) is 16.9. The third-order valence-corrected chi connectivity index (χ3v) is 5.33. The van der Waals surface area contributed by atoms with E-state index in [9.17, 15) is 4.79 Å². The first kappa shape index (κ1) is 21.8. The third kappa shape index (κ3) is 6.58. The number of allylic oxidation sites excluding steroid dienone is 1. The molecule has 0 bridgehead atoms. The Morgan fingerprint density at radius 1 is 1.41 bits per heavy atom. The van der Waals surface area contributed by atoms with Gasteiger partial charge in [0.1, 0.15) is 0 Å². The quantitative estimate of drug-likeness (QED) is 0.455. The van der Waals surface area contributed by atoms with Gasteiger partial charge >= 0.3 is 0 Å². The molecule has 0 spiro atoms. The molecule has 0 saturated carbocycles. The Morgan fingerprint density at radius 3 is 2.81 bits per heavy atom. The summed E-state index contributed by atoms with van der Waals surface area (Å²) in [4.78, 5) is 15.5. The number of aliphatic hydroxyl groups is 1. The first-order valence-corrected chi connectivity index (χ1v) is 9.92. The summed E-state index contributed by atoms with van der Waals surface area (Å²) in [6.45, 7) is 0.911. The SMILES string of the molecule is COC(CN(C)C(=O)C1=C[C@@H](c2cccs2)C[C@@H](OCCCCO)O1)OC. The molecule has 2 heterocycles. The molecular formula is C19H29NO6S. The Labute approximate surface area is 164 Å². The molecule has 1 aliphatic rings. The number of nitrogens with zero attached hydrogens (tertiary/aromatic N) is 1. The van der Waals surface area contributed by atoms with Gasteiger partial charge in [-0.05, 0) is 30.4 Å². The number of thiophene rings is 1. The number of unbranched alkanes of at least 4 members (excludes halogenated alkanes) is 1. The molecule has 0 aromatic carbocycles. The van der Waals surface area contributed by atoms with E-state index >= 15 is 0 Å². The Hall–Kier alpha value is -1.45. The molecule has 2 rings (SSSR count). The maximum atomic E-state index is 12.8. The van der Waals surface area contributed by atoms with Crippen molar-refractivity contribution < 1.29 is 28.8 Å². The monoisotopic (exact) mass is 399 g/mol. The molecule has 1 amide bonds. The van der Waals surface area contributed by atoms with E-state index in [4.69, 9.17) is 24.1 Å². The van der Waals surface area contributed by atoms with Crippen molar-refractivity contribution in [2.24, 2.45) is 0 Å². The number of hydrogen-bond donors (Lipinski definition) is 1. The predicted molar refractivity (Wildman–Crippen MR) is 102 cm³/mol. The van der Waals surface area contributed by atoms with E-state index in [0.717, 1.165) is 6.42 Å². The maximum absolute atomic E-state index is 12.8. The fourth-order valence-corrected chi connectivity index (χ4v) is 3.59. The average Bonchev–Trinajstić information content (AvgIpc) is 3.23. The normalized spacial score (nSPS) is 19.7. The van der Waals surface area contributed by atoms with E-state index in [1.807, 2.05) is 17.5 Å². The van der Waals surface area contributed by atoms with Gasteiger partial charge in [0.25, 0.3) is 5.91 Å². The fraction of sp³-hybridized carbons (Fsp3) is 0.632. The van der Waals surface area contributed by atoms with Crippen LogP contribution in [0.2, 0.25) is 0 Å². The molecule has 1 aromatic rings. The van der Waals surface area contributed by atoms with Gasteiger partial charge < -0.3 is 29.0 Å². The number of ether oxygens (including phenoxy) is 4. The highest BCUT2D eigenvalue weighted by atomic mass is 32.1. The van der Waals surface area contributed by atoms with Gasteiger partial charge in [-0.25, -0.2) is 0 Å². The number of methoxy groups -OCH3 is 2. The summed E-state index contributed by atoms with van der Waals surface area (Å²) < 4.78 is 22.0. The smallest absolute Gasteiger partial charge is 0.288 e. The highest BCUT2D eigenvalue weighted by molar-refractivity contribution is 7.10. The molecule has 27 heavy (non-hydrogen) atoms. The Bertz CT molecular complexity index is 587. The van der Waals surface area contributed by atoms with Crippen molar-refractivity contribution in [3.05, 3.63) is 34.2 Å². The molecule has 152 valence electrons. The van der Waals surface area contributed by atoms with Crippen LogP contribution in [0, 0.1) is 0 Å². The number of aliphatic hydroxyl groups excluding tert-OH is 1. The van der Waals surface area contributed by atoms with Gasteiger partial charge in [-0.2, -0.15) is 0 Å². The lowest BCUT2D eigenvalue weighted by Crippen LogP contribution is -2.39. The van der Waals surface area contributed by atoms with Crippen LogP contribution in [0.1, 0.15) is 30.1 Å². The number of carbonyl (C=O) groups is 1. The summed E-state index contributed by atoms with van der Waals surface area (Å²) in [7, 11) is 4.75. The summed E-state index contributed by atoms with van der Waals surface area (Å²) >= 11 is 1.65. The van der Waals surface area contributed by atoms with Crippen molar-refractivity contribution in [2.75, 3.05) is 41.0 Å². The van der Waals surface area contributed by atoms with Crippen LogP contribution in [0.15, 0.2) is 29.3 Å². The second-order valence-electron chi connectivity index (χ2n) is 6.32. The Morgan fingerprint density at radius 2 is 2.19 bits per heavy atom. The third-order valence-electron chi connectivity index (χ3n) is 4.33. The van der Waals surface area contributed by atoms with Gasteiger partial charge in [0.05, 0.1) is 13.2 Å². The molecule has 7 nitrogen and oxygen atoms in total. The molecule has 1 N–H and O–H groups in total. The van der Waals surface area contributed by atoms with Crippen molar-refractivity contribution >= 4 is 17.2 Å². The molecule has 0 aliphatic carbocycles. The van der Waals surface area contributed by atoms with Crippen molar-refractivity contribution in [3.63, 3.8) is 0 Å². The van der Waals surface area contributed by atoms with Gasteiger partial charge in [0, 0.05) is 45.1 Å². The highest BCUT2D eigenvalue weighted by Gasteiger charge is 2.31. The molecule has 0 radical (unpaired) electrons. The second-order valence-corrected chi connectivity index (χ2v) is 7.30. The molecule has 8 heteroatoms. The van der Waals surface area contributed by atoms with Crippen LogP contribution in [0.25, 0.3) is 0 Å².